The van der Waals surface area contributed by atoms with Crippen molar-refractivity contribution in [2.24, 2.45) is 5.16 Å². The number of ether oxygens (including phenoxy) is 1. The second-order valence-electron chi connectivity index (χ2n) is 3.18. The van der Waals surface area contributed by atoms with Crippen molar-refractivity contribution in [2.45, 2.75) is 13.3 Å². The lowest BCUT2D eigenvalue weighted by Gasteiger charge is -2.05. The minimum atomic E-state index is -0.907. The molecule has 0 aliphatic rings. The van der Waals surface area contributed by atoms with Crippen molar-refractivity contribution in [3.05, 3.63) is 29.8 Å². The molecule has 0 spiro atoms. The molecule has 17 heavy (non-hydrogen) atoms. The van der Waals surface area contributed by atoms with E-state index in [0.29, 0.717) is 6.61 Å². The number of carboxylic acids is 1. The van der Waals surface area contributed by atoms with Gasteiger partial charge in [0.2, 0.25) is 0 Å². The van der Waals surface area contributed by atoms with Crippen molar-refractivity contribution >= 4 is 12.2 Å². The van der Waals surface area contributed by atoms with E-state index in [2.05, 4.69) is 5.16 Å². The number of benzene rings is 1. The lowest BCUT2D eigenvalue weighted by molar-refractivity contribution is -0.138. The summed E-state index contributed by atoms with van der Waals surface area (Å²) < 4.78 is 5.39. The van der Waals surface area contributed by atoms with Gasteiger partial charge in [-0.05, 0) is 19.1 Å². The molecule has 0 saturated carbocycles. The van der Waals surface area contributed by atoms with E-state index >= 15 is 0 Å². The third kappa shape index (κ3) is 5.01. The monoisotopic (exact) mass is 237 g/mol. The molecule has 0 aliphatic heterocycles. The summed E-state index contributed by atoms with van der Waals surface area (Å²) in [7, 11) is 0. The maximum atomic E-state index is 10.2. The SMILES string of the molecule is CCOc1ccccc1/C=N/OCCC(=O)O. The van der Waals surface area contributed by atoms with Crippen molar-refractivity contribution in [3.8, 4) is 5.75 Å². The quantitative estimate of drug-likeness (QED) is 0.447. The number of hydrogen-bond donors (Lipinski definition) is 1. The molecule has 1 rings (SSSR count). The van der Waals surface area contributed by atoms with E-state index in [-0.39, 0.29) is 13.0 Å². The number of rotatable bonds is 7. The van der Waals surface area contributed by atoms with Gasteiger partial charge in [0.05, 0.1) is 19.2 Å². The number of carbonyl (C=O) groups is 1. The summed E-state index contributed by atoms with van der Waals surface area (Å²) in [5.41, 5.74) is 0.796. The van der Waals surface area contributed by atoms with Crippen molar-refractivity contribution in [1.29, 1.82) is 0 Å². The highest BCUT2D eigenvalue weighted by atomic mass is 16.6. The van der Waals surface area contributed by atoms with E-state index in [1.165, 1.54) is 6.21 Å². The van der Waals surface area contributed by atoms with E-state index < -0.39 is 5.97 Å². The Hall–Kier alpha value is -2.04. The van der Waals surface area contributed by atoms with Crippen LogP contribution in [0.5, 0.6) is 5.75 Å². The molecule has 0 fully saturated rings. The van der Waals surface area contributed by atoms with Gasteiger partial charge in [-0.25, -0.2) is 0 Å². The molecule has 0 aliphatic carbocycles. The van der Waals surface area contributed by atoms with E-state index in [0.717, 1.165) is 11.3 Å². The van der Waals surface area contributed by atoms with Gasteiger partial charge < -0.3 is 14.7 Å². The van der Waals surface area contributed by atoms with E-state index in [1.54, 1.807) is 0 Å². The third-order valence-electron chi connectivity index (χ3n) is 1.89. The van der Waals surface area contributed by atoms with Crippen LogP contribution in [0.15, 0.2) is 29.4 Å². The van der Waals surface area contributed by atoms with Gasteiger partial charge in [0.25, 0.3) is 0 Å². The molecule has 92 valence electrons. The number of hydrogen-bond acceptors (Lipinski definition) is 4. The Morgan fingerprint density at radius 2 is 2.24 bits per heavy atom. The highest BCUT2D eigenvalue weighted by Gasteiger charge is 1.99. The van der Waals surface area contributed by atoms with Gasteiger partial charge in [-0.1, -0.05) is 17.3 Å². The minimum absolute atomic E-state index is 0.0582. The molecule has 5 heteroatoms. The molecule has 1 N–H and O–H groups in total. The first-order chi connectivity index (χ1) is 8.24. The van der Waals surface area contributed by atoms with Crippen LogP contribution in [0.1, 0.15) is 18.9 Å². The van der Waals surface area contributed by atoms with E-state index in [9.17, 15) is 4.79 Å². The molecule has 0 radical (unpaired) electrons. The topological polar surface area (TPSA) is 68.1 Å². The Kier molecular flexibility index (Phi) is 5.57. The summed E-state index contributed by atoms with van der Waals surface area (Å²) in [5.74, 6) is -0.185. The molecule has 1 aromatic rings. The second-order valence-corrected chi connectivity index (χ2v) is 3.18. The molecule has 0 bridgehead atoms. The summed E-state index contributed by atoms with van der Waals surface area (Å²) in [5, 5.41) is 12.1. The molecule has 0 atom stereocenters. The fraction of sp³-hybridized carbons (Fsp3) is 0.333. The molecule has 0 unspecified atom stereocenters. The Labute approximate surface area is 99.7 Å². The maximum Gasteiger partial charge on any atom is 0.306 e. The van der Waals surface area contributed by atoms with Gasteiger partial charge in [-0.3, -0.25) is 4.79 Å². The smallest absolute Gasteiger partial charge is 0.306 e. The highest BCUT2D eigenvalue weighted by Crippen LogP contribution is 2.15. The molecule has 5 nitrogen and oxygen atoms in total. The van der Waals surface area contributed by atoms with Gasteiger partial charge >= 0.3 is 5.97 Å². The second kappa shape index (κ2) is 7.27. The van der Waals surface area contributed by atoms with Crippen LogP contribution in [0.4, 0.5) is 0 Å². The van der Waals surface area contributed by atoms with Gasteiger partial charge in [-0.2, -0.15) is 0 Å². The maximum absolute atomic E-state index is 10.2. The van der Waals surface area contributed by atoms with Crippen LogP contribution < -0.4 is 4.74 Å². The van der Waals surface area contributed by atoms with Crippen molar-refractivity contribution < 1.29 is 19.5 Å². The minimum Gasteiger partial charge on any atom is -0.493 e. The fourth-order valence-corrected chi connectivity index (χ4v) is 1.15. The number of para-hydroxylation sites is 1. The van der Waals surface area contributed by atoms with Crippen molar-refractivity contribution in [1.82, 2.24) is 0 Å². The molecule has 1 aromatic carbocycles. The Bertz CT molecular complexity index is 390. The summed E-state index contributed by atoms with van der Waals surface area (Å²) >= 11 is 0. The number of nitrogens with zero attached hydrogens (tertiary/aromatic N) is 1. The Morgan fingerprint density at radius 1 is 1.47 bits per heavy atom. The van der Waals surface area contributed by atoms with Crippen LogP contribution >= 0.6 is 0 Å². The fourth-order valence-electron chi connectivity index (χ4n) is 1.15. The van der Waals surface area contributed by atoms with Gasteiger partial charge in [-0.15, -0.1) is 0 Å². The standard InChI is InChI=1S/C12H15NO4/c1-2-16-11-6-4-3-5-10(11)9-13-17-8-7-12(14)15/h3-6,9H,2,7-8H2,1H3,(H,14,15)/b13-9+. The van der Waals surface area contributed by atoms with Gasteiger partial charge in [0.15, 0.2) is 0 Å². The van der Waals surface area contributed by atoms with Crippen LogP contribution in [0, 0.1) is 0 Å². The normalized spacial score (nSPS) is 10.4. The van der Waals surface area contributed by atoms with Crippen LogP contribution in [-0.4, -0.2) is 30.5 Å². The summed E-state index contributed by atoms with van der Waals surface area (Å²) in [6.07, 6.45) is 1.44. The zero-order chi connectivity index (χ0) is 12.5. The molecule has 0 saturated heterocycles. The van der Waals surface area contributed by atoms with Crippen LogP contribution in [-0.2, 0) is 9.63 Å². The molecular formula is C12H15NO4. The number of carboxylic acid groups (broad SMARTS) is 1. The number of oxime groups is 1. The first kappa shape index (κ1) is 13.0. The van der Waals surface area contributed by atoms with Gasteiger partial charge in [0.1, 0.15) is 12.4 Å². The molecular weight excluding hydrogens is 222 g/mol. The largest absolute Gasteiger partial charge is 0.493 e. The van der Waals surface area contributed by atoms with E-state index in [4.69, 9.17) is 14.7 Å². The predicted octanol–water partition coefficient (Wildman–Crippen LogP) is 1.91. The van der Waals surface area contributed by atoms with Crippen molar-refractivity contribution in [3.63, 3.8) is 0 Å². The molecule has 0 aromatic heterocycles. The Morgan fingerprint density at radius 3 is 2.94 bits per heavy atom. The number of aliphatic carboxylic acids is 1. The zero-order valence-corrected chi connectivity index (χ0v) is 9.63. The van der Waals surface area contributed by atoms with Crippen LogP contribution in [0.3, 0.4) is 0 Å². The van der Waals surface area contributed by atoms with Crippen molar-refractivity contribution in [2.75, 3.05) is 13.2 Å². The lowest BCUT2D eigenvalue weighted by Crippen LogP contribution is -2.00. The average Bonchev–Trinajstić information content (AvgIpc) is 2.31. The van der Waals surface area contributed by atoms with Crippen LogP contribution in [0.2, 0.25) is 0 Å². The highest BCUT2D eigenvalue weighted by molar-refractivity contribution is 5.83. The summed E-state index contributed by atoms with van der Waals surface area (Å²) in [6, 6.07) is 7.41. The first-order valence-electron chi connectivity index (χ1n) is 5.33. The first-order valence-corrected chi connectivity index (χ1v) is 5.33. The van der Waals surface area contributed by atoms with Crippen LogP contribution in [0.25, 0.3) is 0 Å². The van der Waals surface area contributed by atoms with E-state index in [1.807, 2.05) is 31.2 Å². The Balaban J connectivity index is 2.49. The average molecular weight is 237 g/mol. The lowest BCUT2D eigenvalue weighted by atomic mass is 10.2. The zero-order valence-electron chi connectivity index (χ0n) is 9.63. The third-order valence-corrected chi connectivity index (χ3v) is 1.89. The molecule has 0 amide bonds. The summed E-state index contributed by atoms with van der Waals surface area (Å²) in [6.45, 7) is 2.53. The predicted molar refractivity (Wildman–Crippen MR) is 63.4 cm³/mol. The summed E-state index contributed by atoms with van der Waals surface area (Å²) in [4.78, 5) is 15.0. The molecule has 0 heterocycles. The van der Waals surface area contributed by atoms with Gasteiger partial charge in [0, 0.05) is 5.56 Å².